The number of nitrogens with one attached hydrogen (secondary N) is 1. The molecular formula is C19H14F3N3OS. The number of ether oxygens (including phenoxy) is 1. The molecule has 2 aromatic carbocycles. The average molecular weight is 389 g/mol. The van der Waals surface area contributed by atoms with E-state index in [0.29, 0.717) is 18.1 Å². The third-order valence-corrected chi connectivity index (χ3v) is 5.77. The van der Waals surface area contributed by atoms with Gasteiger partial charge in [0.25, 0.3) is 0 Å². The number of benzene rings is 2. The molecule has 27 heavy (non-hydrogen) atoms. The van der Waals surface area contributed by atoms with Gasteiger partial charge in [-0.15, -0.1) is 11.8 Å². The van der Waals surface area contributed by atoms with Gasteiger partial charge >= 0.3 is 6.18 Å². The van der Waals surface area contributed by atoms with Gasteiger partial charge in [0, 0.05) is 12.6 Å². The molecular weight excluding hydrogens is 375 g/mol. The second-order valence-electron chi connectivity index (χ2n) is 6.41. The average Bonchev–Trinajstić information content (AvgIpc) is 3.36. The monoisotopic (exact) mass is 389 g/mol. The van der Waals surface area contributed by atoms with Gasteiger partial charge in [-0.1, -0.05) is 12.1 Å². The van der Waals surface area contributed by atoms with Gasteiger partial charge in [0.1, 0.15) is 16.6 Å². The van der Waals surface area contributed by atoms with Crippen molar-refractivity contribution in [2.45, 2.75) is 18.0 Å². The Kier molecular flexibility index (Phi) is 3.65. The maximum absolute atomic E-state index is 13.3. The number of anilines is 1. The van der Waals surface area contributed by atoms with Crippen LogP contribution >= 0.6 is 11.8 Å². The second kappa shape index (κ2) is 5.95. The van der Waals surface area contributed by atoms with Crippen LogP contribution in [0.4, 0.5) is 19.1 Å². The Hall–Kier alpha value is -2.61. The highest BCUT2D eigenvalue weighted by molar-refractivity contribution is 8.02. The Morgan fingerprint density at radius 2 is 2.11 bits per heavy atom. The quantitative estimate of drug-likeness (QED) is 0.651. The minimum Gasteiger partial charge on any atom is -0.493 e. The van der Waals surface area contributed by atoms with Crippen molar-refractivity contribution in [2.75, 3.05) is 11.5 Å². The van der Waals surface area contributed by atoms with Crippen LogP contribution in [0.2, 0.25) is 0 Å². The number of aromatic nitrogens is 2. The van der Waals surface area contributed by atoms with Crippen LogP contribution in [0.15, 0.2) is 48.0 Å². The number of para-hydroxylation sites is 1. The Bertz CT molecular complexity index is 1060. The number of imidazole rings is 1. The number of H-pyrrole nitrogens is 1. The molecule has 0 radical (unpaired) electrons. The summed E-state index contributed by atoms with van der Waals surface area (Å²) in [6.45, 7) is 0.683. The molecule has 0 amide bonds. The predicted octanol–water partition coefficient (Wildman–Crippen LogP) is 5.24. The minimum absolute atomic E-state index is 0.0635. The Morgan fingerprint density at radius 3 is 2.96 bits per heavy atom. The number of alkyl halides is 3. The highest BCUT2D eigenvalue weighted by Gasteiger charge is 2.34. The molecule has 0 fully saturated rings. The maximum Gasteiger partial charge on any atom is 0.418 e. The minimum atomic E-state index is -4.44. The molecule has 1 atom stereocenters. The zero-order valence-corrected chi connectivity index (χ0v) is 14.8. The number of hydrogen-bond acceptors (Lipinski definition) is 4. The highest BCUT2D eigenvalue weighted by atomic mass is 32.2. The van der Waals surface area contributed by atoms with Crippen molar-refractivity contribution in [2.24, 2.45) is 0 Å². The largest absolute Gasteiger partial charge is 0.493 e. The number of aromatic amines is 1. The topological polar surface area (TPSA) is 41.2 Å². The lowest BCUT2D eigenvalue weighted by atomic mass is 10.1. The zero-order valence-electron chi connectivity index (χ0n) is 14.0. The molecule has 3 aromatic rings. The summed E-state index contributed by atoms with van der Waals surface area (Å²) < 4.78 is 45.4. The third kappa shape index (κ3) is 2.75. The summed E-state index contributed by atoms with van der Waals surface area (Å²) in [5.74, 6) is 1.30. The third-order valence-electron chi connectivity index (χ3n) is 4.73. The second-order valence-corrected chi connectivity index (χ2v) is 7.40. The molecule has 0 bridgehead atoms. The van der Waals surface area contributed by atoms with E-state index in [9.17, 15) is 13.2 Å². The first-order valence-corrected chi connectivity index (χ1v) is 9.37. The molecule has 1 N–H and O–H groups in total. The van der Waals surface area contributed by atoms with E-state index in [1.54, 1.807) is 17.8 Å². The smallest absolute Gasteiger partial charge is 0.418 e. The molecule has 0 saturated carbocycles. The summed E-state index contributed by atoms with van der Waals surface area (Å²) >= 11 is 1.59. The fourth-order valence-corrected chi connectivity index (χ4v) is 4.43. The van der Waals surface area contributed by atoms with Gasteiger partial charge in [0.05, 0.1) is 17.7 Å². The molecule has 2 aliphatic rings. The van der Waals surface area contributed by atoms with E-state index in [4.69, 9.17) is 4.74 Å². The molecule has 5 rings (SSSR count). The van der Waals surface area contributed by atoms with Crippen molar-refractivity contribution < 1.29 is 17.9 Å². The van der Waals surface area contributed by atoms with Gasteiger partial charge in [-0.05, 0) is 40.8 Å². The van der Waals surface area contributed by atoms with Gasteiger partial charge in [0.15, 0.2) is 0 Å². The lowest BCUT2D eigenvalue weighted by Crippen LogP contribution is -2.18. The van der Waals surface area contributed by atoms with Crippen molar-refractivity contribution in [3.05, 3.63) is 64.7 Å². The highest BCUT2D eigenvalue weighted by Crippen LogP contribution is 2.43. The molecule has 4 nitrogen and oxygen atoms in total. The molecule has 0 saturated heterocycles. The van der Waals surface area contributed by atoms with Crippen LogP contribution in [-0.4, -0.2) is 16.6 Å². The molecule has 3 heterocycles. The van der Waals surface area contributed by atoms with Gasteiger partial charge in [-0.25, -0.2) is 4.98 Å². The van der Waals surface area contributed by atoms with Crippen molar-refractivity contribution in [3.63, 3.8) is 0 Å². The van der Waals surface area contributed by atoms with Crippen LogP contribution < -0.4 is 9.64 Å². The van der Waals surface area contributed by atoms with E-state index >= 15 is 0 Å². The van der Waals surface area contributed by atoms with E-state index in [2.05, 4.69) is 16.0 Å². The van der Waals surface area contributed by atoms with Crippen molar-refractivity contribution >= 4 is 28.7 Å². The van der Waals surface area contributed by atoms with E-state index < -0.39 is 11.7 Å². The van der Waals surface area contributed by atoms with Gasteiger partial charge in [-0.2, -0.15) is 13.2 Å². The molecule has 1 unspecified atom stereocenters. The number of nitrogens with zero attached hydrogens (tertiary/aromatic N) is 2. The SMILES string of the molecule is FC(F)(F)c1cccc2[nH]c(N3C=CSC3c3ccc4c(c3)CCO4)nc12. The summed E-state index contributed by atoms with van der Waals surface area (Å²) in [6.07, 6.45) is -1.74. The Morgan fingerprint density at radius 1 is 1.22 bits per heavy atom. The summed E-state index contributed by atoms with van der Waals surface area (Å²) in [5, 5.41) is 1.83. The maximum atomic E-state index is 13.3. The zero-order chi connectivity index (χ0) is 18.6. The van der Waals surface area contributed by atoms with E-state index in [-0.39, 0.29) is 10.9 Å². The predicted molar refractivity (Wildman–Crippen MR) is 98.7 cm³/mol. The van der Waals surface area contributed by atoms with Crippen molar-refractivity contribution in [1.29, 1.82) is 0 Å². The lowest BCUT2D eigenvalue weighted by molar-refractivity contribution is -0.136. The summed E-state index contributed by atoms with van der Waals surface area (Å²) in [5.41, 5.74) is 1.79. The van der Waals surface area contributed by atoms with Crippen LogP contribution in [0.25, 0.3) is 11.0 Å². The van der Waals surface area contributed by atoms with Crippen LogP contribution in [0.1, 0.15) is 22.1 Å². The molecule has 0 spiro atoms. The van der Waals surface area contributed by atoms with Crippen LogP contribution in [0.3, 0.4) is 0 Å². The molecule has 8 heteroatoms. The number of thioether (sulfide) groups is 1. The number of halogens is 3. The fraction of sp³-hybridized carbons (Fsp3) is 0.211. The van der Waals surface area contributed by atoms with Crippen LogP contribution in [-0.2, 0) is 12.6 Å². The van der Waals surface area contributed by atoms with E-state index in [1.165, 1.54) is 6.07 Å². The van der Waals surface area contributed by atoms with Gasteiger partial charge in [-0.3, -0.25) is 0 Å². The number of hydrogen-bond donors (Lipinski definition) is 1. The fourth-order valence-electron chi connectivity index (χ4n) is 3.47. The first-order valence-electron chi connectivity index (χ1n) is 8.43. The molecule has 1 aromatic heterocycles. The molecule has 2 aliphatic heterocycles. The molecule has 138 valence electrons. The number of fused-ring (bicyclic) bond motifs is 2. The first kappa shape index (κ1) is 16.6. The van der Waals surface area contributed by atoms with Gasteiger partial charge in [0.2, 0.25) is 5.95 Å². The molecule has 0 aliphatic carbocycles. The normalized spacial score (nSPS) is 18.9. The van der Waals surface area contributed by atoms with Crippen molar-refractivity contribution in [3.8, 4) is 5.75 Å². The standard InChI is InChI=1S/C19H14F3N3OS/c20-19(21,22)13-2-1-3-14-16(13)24-18(23-14)25-7-9-27-17(25)12-4-5-15-11(10-12)6-8-26-15/h1-5,7,9-10,17H,6,8H2,(H,23,24). The summed E-state index contributed by atoms with van der Waals surface area (Å²) in [6, 6.07) is 10.1. The lowest BCUT2D eigenvalue weighted by Gasteiger charge is -2.23. The Balaban J connectivity index is 1.54. The summed E-state index contributed by atoms with van der Waals surface area (Å²) in [4.78, 5) is 9.16. The van der Waals surface area contributed by atoms with Crippen LogP contribution in [0.5, 0.6) is 5.75 Å². The van der Waals surface area contributed by atoms with Gasteiger partial charge < -0.3 is 14.6 Å². The van der Waals surface area contributed by atoms with E-state index in [1.807, 2.05) is 28.6 Å². The number of rotatable bonds is 2. The Labute approximate surface area is 157 Å². The van der Waals surface area contributed by atoms with E-state index in [0.717, 1.165) is 29.4 Å². The van der Waals surface area contributed by atoms with Crippen molar-refractivity contribution in [1.82, 2.24) is 9.97 Å². The van der Waals surface area contributed by atoms with Crippen LogP contribution in [0, 0.1) is 0 Å². The first-order chi connectivity index (χ1) is 13.0. The summed E-state index contributed by atoms with van der Waals surface area (Å²) in [7, 11) is 0.